The van der Waals surface area contributed by atoms with Gasteiger partial charge in [0.05, 0.1) is 10.4 Å². The number of thiophene rings is 1. The van der Waals surface area contributed by atoms with Crippen molar-refractivity contribution in [3.8, 4) is 22.5 Å². The van der Waals surface area contributed by atoms with E-state index in [1.807, 2.05) is 6.07 Å². The number of H-pyrrole nitrogens is 1. The monoisotopic (exact) mass is 400 g/mol. The number of aliphatic hydroxyl groups is 1. The Morgan fingerprint density at radius 3 is 3.00 bits per heavy atom. The summed E-state index contributed by atoms with van der Waals surface area (Å²) < 4.78 is 12.0. The van der Waals surface area contributed by atoms with Crippen LogP contribution < -0.4 is 10.5 Å². The van der Waals surface area contributed by atoms with E-state index in [0.717, 1.165) is 10.6 Å². The van der Waals surface area contributed by atoms with Gasteiger partial charge in [-0.25, -0.2) is 19.3 Å². The third-order valence-electron chi connectivity index (χ3n) is 3.95. The molecule has 27 heavy (non-hydrogen) atoms. The van der Waals surface area contributed by atoms with Gasteiger partial charge in [-0.05, 0) is 25.0 Å². The summed E-state index contributed by atoms with van der Waals surface area (Å²) >= 11 is 1.27. The van der Waals surface area contributed by atoms with E-state index in [4.69, 9.17) is 10.2 Å². The van der Waals surface area contributed by atoms with Crippen LogP contribution >= 0.6 is 11.3 Å². The number of hydrogen-bond donors (Lipinski definition) is 4. The van der Waals surface area contributed by atoms with Crippen molar-refractivity contribution in [3.05, 3.63) is 35.7 Å². The summed E-state index contributed by atoms with van der Waals surface area (Å²) in [4.78, 5) is 9.62. The number of hydrogen-bond acceptors (Lipinski definition) is 7. The molecule has 0 saturated heterocycles. The molecule has 0 radical (unpaired) electrons. The van der Waals surface area contributed by atoms with Gasteiger partial charge in [-0.15, -0.1) is 11.3 Å². The summed E-state index contributed by atoms with van der Waals surface area (Å²) in [5.74, 6) is 7.59. The maximum absolute atomic E-state index is 11.4. The molecule has 3 aromatic heterocycles. The first-order chi connectivity index (χ1) is 13.1. The maximum Gasteiger partial charge on any atom is 0.171 e. The highest BCUT2D eigenvalue weighted by Crippen LogP contribution is 2.39. The molecule has 0 aromatic carbocycles. The lowest BCUT2D eigenvalue weighted by molar-refractivity contribution is 0.350. The summed E-state index contributed by atoms with van der Waals surface area (Å²) in [5.41, 5.74) is 1.64. The summed E-state index contributed by atoms with van der Waals surface area (Å²) in [6.07, 6.45) is 3.94. The SMILES string of the molecule is NS(=O)c1ccc(-c2ncc(C#CCO)c(Nc3cc(C4CC4)[nH]n3)n2)s1. The van der Waals surface area contributed by atoms with Crippen molar-refractivity contribution < 1.29 is 9.32 Å². The van der Waals surface area contributed by atoms with Crippen LogP contribution in [0.1, 0.15) is 30.0 Å². The molecule has 1 aliphatic carbocycles. The van der Waals surface area contributed by atoms with Gasteiger partial charge >= 0.3 is 0 Å². The molecule has 138 valence electrons. The predicted molar refractivity (Wildman–Crippen MR) is 104 cm³/mol. The lowest BCUT2D eigenvalue weighted by Gasteiger charge is -2.06. The van der Waals surface area contributed by atoms with Crippen LogP contribution in [0.5, 0.6) is 0 Å². The van der Waals surface area contributed by atoms with E-state index in [1.165, 1.54) is 24.2 Å². The third kappa shape index (κ3) is 4.06. The summed E-state index contributed by atoms with van der Waals surface area (Å²) in [5, 5.41) is 24.9. The molecule has 0 bridgehead atoms. The molecule has 5 N–H and O–H groups in total. The van der Waals surface area contributed by atoms with E-state index in [9.17, 15) is 4.21 Å². The van der Waals surface area contributed by atoms with Crippen molar-refractivity contribution in [1.29, 1.82) is 0 Å². The highest BCUT2D eigenvalue weighted by molar-refractivity contribution is 7.85. The Balaban J connectivity index is 1.67. The lowest BCUT2D eigenvalue weighted by Crippen LogP contribution is -2.01. The Labute approximate surface area is 161 Å². The van der Waals surface area contributed by atoms with Gasteiger partial charge in [0.25, 0.3) is 0 Å². The predicted octanol–water partition coefficient (Wildman–Crippen LogP) is 1.87. The molecule has 1 unspecified atom stereocenters. The first-order valence-electron chi connectivity index (χ1n) is 8.19. The highest BCUT2D eigenvalue weighted by Gasteiger charge is 2.25. The molecule has 4 rings (SSSR count). The Kier molecular flexibility index (Phi) is 5.00. The molecule has 1 saturated carbocycles. The second-order valence-electron chi connectivity index (χ2n) is 5.94. The standard InChI is InChI=1S/C17H16N6O2S2/c18-27(25)15-6-5-13(26-15)17-19-9-11(2-1-7-24)16(21-17)20-14-8-12(22-23-14)10-3-4-10/h5-6,8-10,24H,3-4,7,18H2,(H2,19,20,21,22,23). The zero-order chi connectivity index (χ0) is 18.8. The van der Waals surface area contributed by atoms with E-state index < -0.39 is 11.0 Å². The molecule has 0 amide bonds. The Morgan fingerprint density at radius 2 is 2.30 bits per heavy atom. The van der Waals surface area contributed by atoms with Crippen LogP contribution in [0.25, 0.3) is 10.7 Å². The van der Waals surface area contributed by atoms with E-state index in [1.54, 1.807) is 18.3 Å². The van der Waals surface area contributed by atoms with Crippen molar-refractivity contribution in [1.82, 2.24) is 20.2 Å². The van der Waals surface area contributed by atoms with Crippen LogP contribution in [0, 0.1) is 11.8 Å². The highest BCUT2D eigenvalue weighted by atomic mass is 32.2. The number of nitrogens with zero attached hydrogens (tertiary/aromatic N) is 3. The first-order valence-corrected chi connectivity index (χ1v) is 10.2. The first kappa shape index (κ1) is 17.8. The van der Waals surface area contributed by atoms with Gasteiger partial charge in [-0.1, -0.05) is 11.8 Å². The van der Waals surface area contributed by atoms with Gasteiger partial charge in [-0.2, -0.15) is 5.10 Å². The van der Waals surface area contributed by atoms with Crippen molar-refractivity contribution in [2.45, 2.75) is 23.0 Å². The lowest BCUT2D eigenvalue weighted by atomic mass is 10.2. The van der Waals surface area contributed by atoms with E-state index in [0.29, 0.717) is 33.2 Å². The minimum absolute atomic E-state index is 0.258. The zero-order valence-electron chi connectivity index (χ0n) is 14.1. The number of nitrogens with one attached hydrogen (secondary N) is 2. The van der Waals surface area contributed by atoms with Crippen LogP contribution in [0.2, 0.25) is 0 Å². The second-order valence-corrected chi connectivity index (χ2v) is 8.32. The third-order valence-corrected chi connectivity index (χ3v) is 6.10. The Bertz CT molecular complexity index is 1060. The average Bonchev–Trinajstić information content (AvgIpc) is 3.20. The molecule has 1 atom stereocenters. The van der Waals surface area contributed by atoms with E-state index >= 15 is 0 Å². The number of aromatic nitrogens is 4. The van der Waals surface area contributed by atoms with Crippen LogP contribution in [-0.4, -0.2) is 36.1 Å². The molecular formula is C17H16N6O2S2. The van der Waals surface area contributed by atoms with E-state index in [-0.39, 0.29) is 6.61 Å². The Morgan fingerprint density at radius 1 is 1.44 bits per heavy atom. The molecular weight excluding hydrogens is 384 g/mol. The molecule has 0 aliphatic heterocycles. The van der Waals surface area contributed by atoms with Crippen molar-refractivity contribution in [2.24, 2.45) is 5.14 Å². The molecule has 10 heteroatoms. The average molecular weight is 400 g/mol. The van der Waals surface area contributed by atoms with Gasteiger partial charge in [0.1, 0.15) is 21.8 Å². The van der Waals surface area contributed by atoms with Crippen LogP contribution in [0.4, 0.5) is 11.6 Å². The minimum Gasteiger partial charge on any atom is -0.384 e. The fourth-order valence-electron chi connectivity index (χ4n) is 2.50. The van der Waals surface area contributed by atoms with Gasteiger partial charge in [0, 0.05) is 23.9 Å². The molecule has 1 fully saturated rings. The Hall–Kier alpha value is -2.58. The van der Waals surface area contributed by atoms with Crippen LogP contribution in [0.3, 0.4) is 0 Å². The smallest absolute Gasteiger partial charge is 0.171 e. The fourth-order valence-corrected chi connectivity index (χ4v) is 3.97. The van der Waals surface area contributed by atoms with Crippen molar-refractivity contribution in [3.63, 3.8) is 0 Å². The maximum atomic E-state index is 11.4. The second kappa shape index (κ2) is 7.58. The molecule has 1 aliphatic rings. The normalized spacial score (nSPS) is 14.4. The number of aromatic amines is 1. The molecule has 0 spiro atoms. The van der Waals surface area contributed by atoms with Crippen LogP contribution in [0.15, 0.2) is 28.6 Å². The van der Waals surface area contributed by atoms with Crippen LogP contribution in [-0.2, 0) is 11.0 Å². The van der Waals surface area contributed by atoms with Gasteiger partial charge in [0.15, 0.2) is 17.5 Å². The molecule has 3 aromatic rings. The van der Waals surface area contributed by atoms with E-state index in [2.05, 4.69) is 37.3 Å². The number of anilines is 2. The quantitative estimate of drug-likeness (QED) is 0.484. The van der Waals surface area contributed by atoms with Gasteiger partial charge < -0.3 is 10.4 Å². The summed E-state index contributed by atoms with van der Waals surface area (Å²) in [6.45, 7) is -0.258. The zero-order valence-corrected chi connectivity index (χ0v) is 15.7. The number of aliphatic hydroxyl groups excluding tert-OH is 1. The fraction of sp³-hybridized carbons (Fsp3) is 0.235. The number of nitrogens with two attached hydrogens (primary N) is 1. The minimum atomic E-state index is -1.54. The molecule has 3 heterocycles. The van der Waals surface area contributed by atoms with Gasteiger partial charge in [-0.3, -0.25) is 5.10 Å². The summed E-state index contributed by atoms with van der Waals surface area (Å²) in [6, 6.07) is 5.44. The number of rotatable bonds is 5. The molecule has 8 nitrogen and oxygen atoms in total. The summed E-state index contributed by atoms with van der Waals surface area (Å²) in [7, 11) is -1.54. The van der Waals surface area contributed by atoms with Gasteiger partial charge in [0.2, 0.25) is 0 Å². The largest absolute Gasteiger partial charge is 0.384 e. The van der Waals surface area contributed by atoms with Crippen molar-refractivity contribution in [2.75, 3.05) is 11.9 Å². The van der Waals surface area contributed by atoms with Crippen molar-refractivity contribution >= 4 is 34.0 Å². The topological polar surface area (TPSA) is 130 Å².